The molecule has 0 aliphatic heterocycles. The number of hydrogen-bond acceptors (Lipinski definition) is 5. The summed E-state index contributed by atoms with van der Waals surface area (Å²) in [5.41, 5.74) is -0.419. The van der Waals surface area contributed by atoms with Crippen molar-refractivity contribution in [2.45, 2.75) is 45.0 Å². The first-order chi connectivity index (χ1) is 10.5. The van der Waals surface area contributed by atoms with E-state index in [1.807, 2.05) is 0 Å². The van der Waals surface area contributed by atoms with Gasteiger partial charge in [-0.1, -0.05) is 23.2 Å². The van der Waals surface area contributed by atoms with Gasteiger partial charge in [0.1, 0.15) is 17.5 Å². The normalized spacial score (nSPS) is 14.2. The molecule has 23 heavy (non-hydrogen) atoms. The molecule has 0 spiro atoms. The minimum Gasteiger partial charge on any atom is -0.506 e. The Morgan fingerprint density at radius 1 is 1.26 bits per heavy atom. The number of halogens is 2. The maximum Gasteiger partial charge on any atom is 0.407 e. The topological polar surface area (TPSA) is 99.0 Å². The smallest absolute Gasteiger partial charge is 0.407 e. The van der Waals surface area contributed by atoms with E-state index >= 15 is 0 Å². The predicted octanol–water partition coefficient (Wildman–Crippen LogP) is 3.01. The first-order valence-electron chi connectivity index (χ1n) is 7.02. The van der Waals surface area contributed by atoms with Crippen LogP contribution in [0.3, 0.4) is 0 Å². The molecule has 1 aromatic rings. The molecule has 0 aliphatic rings. The number of ether oxygens (including phenoxy) is 1. The lowest BCUT2D eigenvalue weighted by Gasteiger charge is -2.22. The molecule has 4 N–H and O–H groups in total. The Bertz CT molecular complexity index is 560. The van der Waals surface area contributed by atoms with Gasteiger partial charge in [-0.05, 0) is 33.3 Å². The van der Waals surface area contributed by atoms with E-state index in [2.05, 4.69) is 5.32 Å². The third kappa shape index (κ3) is 6.43. The highest BCUT2D eigenvalue weighted by Gasteiger charge is 2.23. The second-order valence-corrected chi connectivity index (χ2v) is 6.87. The molecule has 0 bridgehead atoms. The molecule has 8 heteroatoms. The number of hydrogen-bond donors (Lipinski definition) is 4. The number of aliphatic hydroxyl groups is 2. The number of rotatable bonds is 5. The van der Waals surface area contributed by atoms with Crippen molar-refractivity contribution in [1.29, 1.82) is 0 Å². The Morgan fingerprint density at radius 3 is 2.43 bits per heavy atom. The summed E-state index contributed by atoms with van der Waals surface area (Å²) in [5.74, 6) is -0.214. The van der Waals surface area contributed by atoms with Crippen molar-refractivity contribution in [3.8, 4) is 5.75 Å². The predicted molar refractivity (Wildman–Crippen MR) is 87.9 cm³/mol. The summed E-state index contributed by atoms with van der Waals surface area (Å²) in [6, 6.07) is 2.47. The van der Waals surface area contributed by atoms with Gasteiger partial charge in [-0.2, -0.15) is 0 Å². The lowest BCUT2D eigenvalue weighted by atomic mass is 10.0. The molecule has 2 atom stereocenters. The van der Waals surface area contributed by atoms with Crippen molar-refractivity contribution >= 4 is 29.3 Å². The molecule has 6 nitrogen and oxygen atoms in total. The molecule has 130 valence electrons. The van der Waals surface area contributed by atoms with Crippen molar-refractivity contribution in [2.75, 3.05) is 6.54 Å². The average Bonchev–Trinajstić information content (AvgIpc) is 2.40. The van der Waals surface area contributed by atoms with Crippen LogP contribution in [0.15, 0.2) is 12.1 Å². The van der Waals surface area contributed by atoms with Crippen LogP contribution in [0.4, 0.5) is 4.79 Å². The fourth-order valence-corrected chi connectivity index (χ4v) is 2.22. The van der Waals surface area contributed by atoms with Crippen molar-refractivity contribution < 1.29 is 24.9 Å². The van der Waals surface area contributed by atoms with Crippen molar-refractivity contribution in [3.63, 3.8) is 0 Å². The number of nitrogens with one attached hydrogen (secondary N) is 1. The van der Waals surface area contributed by atoms with E-state index in [4.69, 9.17) is 27.9 Å². The van der Waals surface area contributed by atoms with Crippen LogP contribution < -0.4 is 5.32 Å². The molecule has 0 radical (unpaired) electrons. The average molecular weight is 366 g/mol. The van der Waals surface area contributed by atoms with Gasteiger partial charge in [0.15, 0.2) is 0 Å². The van der Waals surface area contributed by atoms with Gasteiger partial charge in [-0.15, -0.1) is 0 Å². The Balaban J connectivity index is 2.57. The Hall–Kier alpha value is -1.21. The molecule has 0 saturated heterocycles. The van der Waals surface area contributed by atoms with E-state index in [-0.39, 0.29) is 34.3 Å². The fourth-order valence-electron chi connectivity index (χ4n) is 1.78. The summed E-state index contributed by atoms with van der Waals surface area (Å²) in [7, 11) is 0. The van der Waals surface area contributed by atoms with Crippen molar-refractivity contribution in [1.82, 2.24) is 5.32 Å². The summed E-state index contributed by atoms with van der Waals surface area (Å²) in [6.45, 7) is 5.32. The maximum atomic E-state index is 11.5. The molecular weight excluding hydrogens is 345 g/mol. The van der Waals surface area contributed by atoms with E-state index in [9.17, 15) is 20.1 Å². The van der Waals surface area contributed by atoms with Crippen LogP contribution in [0.5, 0.6) is 5.75 Å². The van der Waals surface area contributed by atoms with Crippen LogP contribution in [0, 0.1) is 0 Å². The summed E-state index contributed by atoms with van der Waals surface area (Å²) in [6.07, 6.45) is -3.01. The SMILES string of the molecule is CC(C)(C)OC(=O)NCCC(O)C(O)c1cc(Cl)c(O)cc1Cl. The van der Waals surface area contributed by atoms with Gasteiger partial charge in [-0.3, -0.25) is 0 Å². The minimum atomic E-state index is -1.30. The molecule has 1 amide bonds. The van der Waals surface area contributed by atoms with Crippen LogP contribution in [0.25, 0.3) is 0 Å². The summed E-state index contributed by atoms with van der Waals surface area (Å²) >= 11 is 11.7. The number of phenolic OH excluding ortho intramolecular Hbond substituents is 1. The second-order valence-electron chi connectivity index (χ2n) is 6.05. The lowest BCUT2D eigenvalue weighted by molar-refractivity contribution is 0.0123. The molecule has 1 rings (SSSR count). The first kappa shape index (κ1) is 19.8. The van der Waals surface area contributed by atoms with Gasteiger partial charge >= 0.3 is 6.09 Å². The van der Waals surface area contributed by atoms with Crippen LogP contribution in [-0.2, 0) is 4.74 Å². The van der Waals surface area contributed by atoms with Crippen molar-refractivity contribution in [2.24, 2.45) is 0 Å². The van der Waals surface area contributed by atoms with Gasteiger partial charge in [0.2, 0.25) is 0 Å². The lowest BCUT2D eigenvalue weighted by Crippen LogP contribution is -2.34. The molecule has 0 aliphatic carbocycles. The first-order valence-corrected chi connectivity index (χ1v) is 7.77. The number of carbonyl (C=O) groups excluding carboxylic acids is 1. The fraction of sp³-hybridized carbons (Fsp3) is 0.533. The Labute approximate surface area is 145 Å². The Morgan fingerprint density at radius 2 is 1.87 bits per heavy atom. The maximum absolute atomic E-state index is 11.5. The molecule has 0 fully saturated rings. The third-order valence-corrected chi connectivity index (χ3v) is 3.49. The van der Waals surface area contributed by atoms with Gasteiger partial charge in [-0.25, -0.2) is 4.79 Å². The zero-order valence-corrected chi connectivity index (χ0v) is 14.6. The molecule has 0 heterocycles. The molecule has 0 aromatic heterocycles. The monoisotopic (exact) mass is 365 g/mol. The molecule has 1 aromatic carbocycles. The number of aromatic hydroxyl groups is 1. The molecular formula is C15H21Cl2NO5. The van der Waals surface area contributed by atoms with Crippen LogP contribution >= 0.6 is 23.2 Å². The van der Waals surface area contributed by atoms with Crippen LogP contribution in [-0.4, -0.2) is 39.7 Å². The molecule has 0 saturated carbocycles. The zero-order chi connectivity index (χ0) is 17.8. The largest absolute Gasteiger partial charge is 0.506 e. The van der Waals surface area contributed by atoms with E-state index in [0.717, 1.165) is 0 Å². The number of benzene rings is 1. The van der Waals surface area contributed by atoms with E-state index in [0.29, 0.717) is 0 Å². The quantitative estimate of drug-likeness (QED) is 0.642. The summed E-state index contributed by atoms with van der Waals surface area (Å²) < 4.78 is 5.05. The van der Waals surface area contributed by atoms with Gasteiger partial charge in [0, 0.05) is 18.2 Å². The van der Waals surface area contributed by atoms with Crippen molar-refractivity contribution in [3.05, 3.63) is 27.7 Å². The highest BCUT2D eigenvalue weighted by atomic mass is 35.5. The van der Waals surface area contributed by atoms with Gasteiger partial charge in [0.25, 0.3) is 0 Å². The summed E-state index contributed by atoms with van der Waals surface area (Å²) in [4.78, 5) is 11.5. The number of alkyl carbamates (subject to hydrolysis) is 1. The highest BCUT2D eigenvalue weighted by molar-refractivity contribution is 6.34. The Kier molecular flexibility index (Phi) is 6.95. The van der Waals surface area contributed by atoms with E-state index in [1.165, 1.54) is 12.1 Å². The number of phenols is 1. The minimum absolute atomic E-state index is 0.0162. The highest BCUT2D eigenvalue weighted by Crippen LogP contribution is 2.34. The van der Waals surface area contributed by atoms with Gasteiger partial charge in [0.05, 0.1) is 16.1 Å². The number of carbonyl (C=O) groups is 1. The van der Waals surface area contributed by atoms with Crippen LogP contribution in [0.2, 0.25) is 10.0 Å². The second kappa shape index (κ2) is 8.06. The van der Waals surface area contributed by atoms with E-state index in [1.54, 1.807) is 20.8 Å². The molecule has 2 unspecified atom stereocenters. The standard InChI is InChI=1S/C15H21Cl2NO5/c1-15(2,3)23-14(22)18-5-4-11(19)13(21)8-6-10(17)12(20)7-9(8)16/h6-7,11,13,19-21H,4-5H2,1-3H3,(H,18,22). The van der Waals surface area contributed by atoms with Crippen LogP contribution in [0.1, 0.15) is 38.9 Å². The van der Waals surface area contributed by atoms with Gasteiger partial charge < -0.3 is 25.4 Å². The third-order valence-electron chi connectivity index (χ3n) is 2.86. The number of amides is 1. The number of aliphatic hydroxyl groups excluding tert-OH is 2. The zero-order valence-electron chi connectivity index (χ0n) is 13.1. The summed E-state index contributed by atoms with van der Waals surface area (Å²) in [5, 5.41) is 32.1. The van der Waals surface area contributed by atoms with E-state index < -0.39 is 23.9 Å².